The van der Waals surface area contributed by atoms with E-state index in [2.05, 4.69) is 149 Å². The summed E-state index contributed by atoms with van der Waals surface area (Å²) in [5.41, 5.74) is 14.8. The van der Waals surface area contributed by atoms with E-state index >= 15 is 0 Å². The maximum absolute atomic E-state index is 5.02. The molecule has 0 bridgehead atoms. The molecule has 278 valence electrons. The number of hydrogen-bond acceptors (Lipinski definition) is 3. The molecule has 9 aromatic carbocycles. The van der Waals surface area contributed by atoms with Gasteiger partial charge in [0.1, 0.15) is 0 Å². The van der Waals surface area contributed by atoms with Crippen LogP contribution in [-0.2, 0) is 0 Å². The van der Waals surface area contributed by atoms with Crippen molar-refractivity contribution in [3.8, 4) is 67.8 Å². The molecular weight excluding hydrogens is 731 g/mol. The first-order chi connectivity index (χ1) is 29.8. The van der Waals surface area contributed by atoms with Gasteiger partial charge in [0.25, 0.3) is 0 Å². The fraction of sp³-hybridized carbons (Fsp3) is 0. The number of rotatable bonds is 4. The van der Waals surface area contributed by atoms with Gasteiger partial charge in [0, 0.05) is 60.6 Å². The molecule has 0 unspecified atom stereocenters. The van der Waals surface area contributed by atoms with Crippen molar-refractivity contribution in [2.75, 3.05) is 0 Å². The molecule has 0 radical (unpaired) electrons. The molecule has 5 heteroatoms. The van der Waals surface area contributed by atoms with Crippen LogP contribution in [0.5, 0.6) is 0 Å². The fourth-order valence-corrected chi connectivity index (χ4v) is 9.72. The Bertz CT molecular complexity index is 3640. The van der Waals surface area contributed by atoms with Crippen molar-refractivity contribution in [3.05, 3.63) is 200 Å². The number of nitrogens with zero attached hydrogens (tertiary/aromatic N) is 5. The van der Waals surface area contributed by atoms with E-state index in [1.54, 1.807) is 0 Å². The van der Waals surface area contributed by atoms with E-state index in [-0.39, 0.29) is 0 Å². The molecule has 13 rings (SSSR count). The Balaban J connectivity index is 1.07. The number of aromatic nitrogens is 5. The van der Waals surface area contributed by atoms with Crippen molar-refractivity contribution in [3.63, 3.8) is 0 Å². The van der Waals surface area contributed by atoms with E-state index in [0.29, 0.717) is 17.5 Å². The van der Waals surface area contributed by atoms with E-state index in [9.17, 15) is 0 Å². The van der Waals surface area contributed by atoms with Crippen molar-refractivity contribution >= 4 is 54.4 Å². The largest absolute Gasteiger partial charge is 0.309 e. The molecule has 0 N–H and O–H groups in total. The van der Waals surface area contributed by atoms with E-state index < -0.39 is 0 Å². The van der Waals surface area contributed by atoms with Gasteiger partial charge in [0.05, 0.1) is 27.8 Å². The third-order valence-electron chi connectivity index (χ3n) is 12.3. The van der Waals surface area contributed by atoms with E-state index in [1.165, 1.54) is 71.3 Å². The molecular formula is C55H33N5. The molecule has 60 heavy (non-hydrogen) atoms. The van der Waals surface area contributed by atoms with Crippen LogP contribution in [0.3, 0.4) is 0 Å². The monoisotopic (exact) mass is 763 g/mol. The van der Waals surface area contributed by atoms with Gasteiger partial charge in [-0.15, -0.1) is 0 Å². The molecule has 0 amide bonds. The Morgan fingerprint density at radius 3 is 1.63 bits per heavy atom. The summed E-state index contributed by atoms with van der Waals surface area (Å²) in [5, 5.41) is 7.49. The molecule has 3 aromatic heterocycles. The van der Waals surface area contributed by atoms with Crippen LogP contribution in [0.25, 0.3) is 122 Å². The Morgan fingerprint density at radius 2 is 0.883 bits per heavy atom. The van der Waals surface area contributed by atoms with Gasteiger partial charge in [-0.3, -0.25) is 0 Å². The summed E-state index contributed by atoms with van der Waals surface area (Å²) in [5.74, 6) is 1.93. The molecule has 5 nitrogen and oxygen atoms in total. The van der Waals surface area contributed by atoms with Crippen molar-refractivity contribution < 1.29 is 0 Å². The average molecular weight is 764 g/mol. The van der Waals surface area contributed by atoms with E-state index in [1.807, 2.05) is 60.7 Å². The summed E-state index contributed by atoms with van der Waals surface area (Å²) in [6, 6.07) is 71.5. The zero-order chi connectivity index (χ0) is 39.3. The van der Waals surface area contributed by atoms with Gasteiger partial charge in [-0.25, -0.2) is 15.0 Å². The number of para-hydroxylation sites is 3. The second-order valence-corrected chi connectivity index (χ2v) is 15.6. The third-order valence-corrected chi connectivity index (χ3v) is 12.3. The lowest BCUT2D eigenvalue weighted by Gasteiger charge is -2.15. The first kappa shape index (κ1) is 32.9. The minimum Gasteiger partial charge on any atom is -0.309 e. The second kappa shape index (κ2) is 12.7. The summed E-state index contributed by atoms with van der Waals surface area (Å²) in [7, 11) is 0. The molecule has 0 fully saturated rings. The Labute approximate surface area is 345 Å². The minimum absolute atomic E-state index is 0.634. The zero-order valence-corrected chi connectivity index (χ0v) is 32.3. The van der Waals surface area contributed by atoms with Gasteiger partial charge >= 0.3 is 0 Å². The molecule has 0 atom stereocenters. The van der Waals surface area contributed by atoms with Gasteiger partial charge in [0.15, 0.2) is 17.5 Å². The van der Waals surface area contributed by atoms with Crippen LogP contribution in [-0.4, -0.2) is 24.1 Å². The molecule has 4 heterocycles. The van der Waals surface area contributed by atoms with Crippen molar-refractivity contribution in [2.24, 2.45) is 0 Å². The molecule has 1 aliphatic heterocycles. The van der Waals surface area contributed by atoms with Crippen LogP contribution >= 0.6 is 0 Å². The summed E-state index contributed by atoms with van der Waals surface area (Å²) < 4.78 is 4.92. The zero-order valence-electron chi connectivity index (χ0n) is 32.3. The first-order valence-corrected chi connectivity index (χ1v) is 20.4. The summed E-state index contributed by atoms with van der Waals surface area (Å²) >= 11 is 0. The molecule has 0 aliphatic carbocycles. The topological polar surface area (TPSA) is 48.5 Å². The van der Waals surface area contributed by atoms with Crippen LogP contribution < -0.4 is 0 Å². The van der Waals surface area contributed by atoms with Crippen molar-refractivity contribution in [1.29, 1.82) is 0 Å². The van der Waals surface area contributed by atoms with Crippen LogP contribution in [0.2, 0.25) is 0 Å². The minimum atomic E-state index is 0.634. The van der Waals surface area contributed by atoms with E-state index in [0.717, 1.165) is 33.4 Å². The molecule has 0 spiro atoms. The van der Waals surface area contributed by atoms with Gasteiger partial charge in [0.2, 0.25) is 0 Å². The smallest absolute Gasteiger partial charge is 0.164 e. The Hall–Kier alpha value is -8.15. The van der Waals surface area contributed by atoms with Crippen LogP contribution in [0.1, 0.15) is 0 Å². The summed E-state index contributed by atoms with van der Waals surface area (Å²) in [6.45, 7) is 0. The molecule has 12 aromatic rings. The highest BCUT2D eigenvalue weighted by Gasteiger charge is 2.28. The second-order valence-electron chi connectivity index (χ2n) is 15.6. The molecule has 1 aliphatic rings. The van der Waals surface area contributed by atoms with E-state index in [4.69, 9.17) is 15.0 Å². The van der Waals surface area contributed by atoms with Crippen molar-refractivity contribution in [1.82, 2.24) is 24.1 Å². The Morgan fingerprint density at radius 1 is 0.317 bits per heavy atom. The number of hydrogen-bond donors (Lipinski definition) is 0. The molecule has 0 saturated heterocycles. The lowest BCUT2D eigenvalue weighted by Crippen LogP contribution is -2.00. The fourth-order valence-electron chi connectivity index (χ4n) is 9.72. The highest BCUT2D eigenvalue weighted by Crippen LogP contribution is 2.51. The summed E-state index contributed by atoms with van der Waals surface area (Å²) in [6.07, 6.45) is 0. The standard InChI is InChI=1S/C55H33N5/c1-3-15-35(16-4-1)53-56-54(36-17-5-2-6-18-36)58-55(57-53)37-26-29-38(30-27-37)59-47-32-28-34-14-7-8-19-39(34)50(47)51-48(59)33-31-41-43-23-13-22-42-40-20-9-11-24-45(40)60(52(42)43)46-25-12-10-21-44(46)49(41)51/h1-33H. The number of fused-ring (bicyclic) bond motifs is 14. The molecule has 0 saturated carbocycles. The SMILES string of the molecule is c1ccc(-c2nc(-c3ccccc3)nc(-c3ccc(-n4c5ccc6c(c5c5c7ccccc7ccc54)-c4ccccc4-n4c5ccccc5c5cccc-6c54)cc3)n2)cc1. The van der Waals surface area contributed by atoms with Gasteiger partial charge in [-0.1, -0.05) is 152 Å². The quantitative estimate of drug-likeness (QED) is 0.179. The predicted octanol–water partition coefficient (Wildman–Crippen LogP) is 13.9. The third kappa shape index (κ3) is 4.71. The highest BCUT2D eigenvalue weighted by molar-refractivity contribution is 6.28. The summed E-state index contributed by atoms with van der Waals surface area (Å²) in [4.78, 5) is 15.0. The highest BCUT2D eigenvalue weighted by atomic mass is 15.0. The predicted molar refractivity (Wildman–Crippen MR) is 247 cm³/mol. The van der Waals surface area contributed by atoms with Gasteiger partial charge in [-0.2, -0.15) is 0 Å². The average Bonchev–Trinajstić information content (AvgIpc) is 3.81. The lowest BCUT2D eigenvalue weighted by atomic mass is 9.89. The Kier molecular flexibility index (Phi) is 6.95. The van der Waals surface area contributed by atoms with Gasteiger partial charge in [-0.05, 0) is 64.9 Å². The van der Waals surface area contributed by atoms with Crippen molar-refractivity contribution in [2.45, 2.75) is 0 Å². The lowest BCUT2D eigenvalue weighted by molar-refractivity contribution is 1.07. The van der Waals surface area contributed by atoms with Crippen LogP contribution in [0.15, 0.2) is 200 Å². The van der Waals surface area contributed by atoms with Crippen LogP contribution in [0, 0.1) is 0 Å². The number of benzene rings is 9. The normalized spacial score (nSPS) is 12.0. The first-order valence-electron chi connectivity index (χ1n) is 20.4. The maximum atomic E-state index is 5.02. The van der Waals surface area contributed by atoms with Crippen LogP contribution in [0.4, 0.5) is 0 Å². The van der Waals surface area contributed by atoms with Gasteiger partial charge < -0.3 is 9.13 Å². The maximum Gasteiger partial charge on any atom is 0.164 e.